The summed E-state index contributed by atoms with van der Waals surface area (Å²) in [6, 6.07) is 16.2. The van der Waals surface area contributed by atoms with E-state index in [-0.39, 0.29) is 5.91 Å². The van der Waals surface area contributed by atoms with Crippen molar-refractivity contribution in [3.8, 4) is 0 Å². The van der Waals surface area contributed by atoms with Gasteiger partial charge in [0, 0.05) is 43.1 Å². The fourth-order valence-electron chi connectivity index (χ4n) is 5.30. The number of rotatable bonds is 5. The van der Waals surface area contributed by atoms with E-state index in [0.717, 1.165) is 43.4 Å². The number of nitrogens with one attached hydrogen (secondary N) is 3. The van der Waals surface area contributed by atoms with E-state index in [4.69, 9.17) is 0 Å². The fourth-order valence-corrected chi connectivity index (χ4v) is 5.30. The van der Waals surface area contributed by atoms with E-state index in [1.807, 2.05) is 36.4 Å². The highest BCUT2D eigenvalue weighted by molar-refractivity contribution is 5.95. The summed E-state index contributed by atoms with van der Waals surface area (Å²) in [7, 11) is 0. The second-order valence-electron chi connectivity index (χ2n) is 9.40. The lowest BCUT2D eigenvalue weighted by atomic mass is 9.77. The Kier molecular flexibility index (Phi) is 6.02. The number of hydrogen-bond acceptors (Lipinski definition) is 5. The monoisotopic (exact) mass is 431 g/mol. The summed E-state index contributed by atoms with van der Waals surface area (Å²) in [5, 5.41) is 9.48. The van der Waals surface area contributed by atoms with E-state index in [1.165, 1.54) is 44.2 Å². The fraction of sp³-hybridized carbons (Fsp3) is 0.462. The first-order chi connectivity index (χ1) is 15.7. The van der Waals surface area contributed by atoms with Gasteiger partial charge in [-0.3, -0.25) is 9.79 Å². The summed E-state index contributed by atoms with van der Waals surface area (Å²) < 4.78 is 0. The predicted molar refractivity (Wildman–Crippen MR) is 130 cm³/mol. The minimum Gasteiger partial charge on any atom is -0.371 e. The number of carbonyl (C=O) groups excluding carboxylic acids is 1. The molecule has 0 aromatic heterocycles. The minimum absolute atomic E-state index is 0.0354. The van der Waals surface area contributed by atoms with Gasteiger partial charge in [-0.1, -0.05) is 25.0 Å². The lowest BCUT2D eigenvalue weighted by Gasteiger charge is -2.40. The SMILES string of the molecule is O=C(NCc1ccc(NC2=NCCN2)cc1)c1ccc(N2CCC3(CCCC3)CC2)cc1. The van der Waals surface area contributed by atoms with Crippen molar-refractivity contribution in [1.29, 1.82) is 0 Å². The number of hydrogen-bond donors (Lipinski definition) is 3. The molecule has 1 spiro atoms. The lowest BCUT2D eigenvalue weighted by Crippen LogP contribution is -2.38. The van der Waals surface area contributed by atoms with Crippen LogP contribution in [-0.2, 0) is 6.54 Å². The van der Waals surface area contributed by atoms with Crippen LogP contribution < -0.4 is 20.9 Å². The molecule has 2 heterocycles. The van der Waals surface area contributed by atoms with E-state index >= 15 is 0 Å². The molecule has 168 valence electrons. The number of piperidine rings is 1. The Hall–Kier alpha value is -3.02. The summed E-state index contributed by atoms with van der Waals surface area (Å²) in [6.45, 7) is 4.48. The Morgan fingerprint density at radius 1 is 0.969 bits per heavy atom. The average molecular weight is 432 g/mol. The van der Waals surface area contributed by atoms with Crippen molar-refractivity contribution in [2.45, 2.75) is 45.1 Å². The highest BCUT2D eigenvalue weighted by atomic mass is 16.1. The molecular weight excluding hydrogens is 398 g/mol. The molecule has 3 N–H and O–H groups in total. The highest BCUT2D eigenvalue weighted by Gasteiger charge is 2.36. The Morgan fingerprint density at radius 2 is 1.69 bits per heavy atom. The maximum atomic E-state index is 12.6. The van der Waals surface area contributed by atoms with Crippen LogP contribution in [0, 0.1) is 5.41 Å². The van der Waals surface area contributed by atoms with Crippen molar-refractivity contribution >= 4 is 23.2 Å². The van der Waals surface area contributed by atoms with Crippen molar-refractivity contribution < 1.29 is 4.79 Å². The molecule has 0 bridgehead atoms. The van der Waals surface area contributed by atoms with Crippen LogP contribution in [0.2, 0.25) is 0 Å². The second kappa shape index (κ2) is 9.23. The molecule has 2 fully saturated rings. The first-order valence-corrected chi connectivity index (χ1v) is 12.0. The van der Waals surface area contributed by atoms with Crippen molar-refractivity contribution in [3.63, 3.8) is 0 Å². The van der Waals surface area contributed by atoms with Crippen molar-refractivity contribution in [2.75, 3.05) is 36.4 Å². The van der Waals surface area contributed by atoms with Crippen LogP contribution in [0.1, 0.15) is 54.4 Å². The van der Waals surface area contributed by atoms with E-state index < -0.39 is 0 Å². The van der Waals surface area contributed by atoms with Gasteiger partial charge in [-0.15, -0.1) is 0 Å². The molecule has 5 rings (SSSR count). The molecule has 2 aliphatic heterocycles. The number of aliphatic imine (C=N–C) groups is 1. The maximum Gasteiger partial charge on any atom is 0.251 e. The molecule has 1 amide bonds. The Labute approximate surface area is 190 Å². The zero-order valence-electron chi connectivity index (χ0n) is 18.7. The van der Waals surface area contributed by atoms with E-state index in [0.29, 0.717) is 17.5 Å². The van der Waals surface area contributed by atoms with Gasteiger partial charge < -0.3 is 20.9 Å². The van der Waals surface area contributed by atoms with Crippen LogP contribution >= 0.6 is 0 Å². The van der Waals surface area contributed by atoms with Gasteiger partial charge in [0.25, 0.3) is 5.91 Å². The maximum absolute atomic E-state index is 12.6. The highest BCUT2D eigenvalue weighted by Crippen LogP contribution is 2.46. The molecule has 0 atom stereocenters. The van der Waals surface area contributed by atoms with Crippen LogP contribution in [0.5, 0.6) is 0 Å². The third-order valence-corrected chi connectivity index (χ3v) is 7.33. The topological polar surface area (TPSA) is 68.8 Å². The molecule has 1 saturated carbocycles. The van der Waals surface area contributed by atoms with Gasteiger partial charge >= 0.3 is 0 Å². The summed E-state index contributed by atoms with van der Waals surface area (Å²) in [5.41, 5.74) is 4.63. The standard InChI is InChI=1S/C26H33N5O/c32-24(29-19-20-3-7-22(8-4-20)30-25-27-15-16-28-25)21-5-9-23(10-6-21)31-17-13-26(14-18-31)11-1-2-12-26/h3-10H,1-2,11-19H2,(H,29,32)(H2,27,28,30). The van der Waals surface area contributed by atoms with Gasteiger partial charge in [0.05, 0.1) is 6.54 Å². The molecule has 1 aliphatic carbocycles. The van der Waals surface area contributed by atoms with Crippen LogP contribution in [0.25, 0.3) is 0 Å². The van der Waals surface area contributed by atoms with Crippen LogP contribution in [0.4, 0.5) is 11.4 Å². The largest absolute Gasteiger partial charge is 0.371 e. The van der Waals surface area contributed by atoms with E-state index in [2.05, 4.69) is 38.0 Å². The summed E-state index contributed by atoms with van der Waals surface area (Å²) in [6.07, 6.45) is 8.30. The zero-order valence-corrected chi connectivity index (χ0v) is 18.7. The number of anilines is 2. The molecule has 6 nitrogen and oxygen atoms in total. The molecule has 2 aromatic carbocycles. The predicted octanol–water partition coefficient (Wildman–Crippen LogP) is 4.15. The molecule has 0 unspecified atom stereocenters. The summed E-state index contributed by atoms with van der Waals surface area (Å²) in [4.78, 5) is 19.4. The van der Waals surface area contributed by atoms with Gasteiger partial charge in [-0.05, 0) is 73.1 Å². The average Bonchev–Trinajstić information content (AvgIpc) is 3.52. The zero-order chi connectivity index (χ0) is 21.8. The van der Waals surface area contributed by atoms with Crippen LogP contribution in [-0.4, -0.2) is 38.0 Å². The molecule has 1 saturated heterocycles. The first kappa shape index (κ1) is 20.9. The quantitative estimate of drug-likeness (QED) is 0.665. The minimum atomic E-state index is -0.0354. The number of carbonyl (C=O) groups is 1. The Balaban J connectivity index is 1.11. The van der Waals surface area contributed by atoms with Crippen LogP contribution in [0.15, 0.2) is 53.5 Å². The molecule has 2 aromatic rings. The molecular formula is C26H33N5O. The summed E-state index contributed by atoms with van der Waals surface area (Å²) in [5.74, 6) is 0.781. The normalized spacial score (nSPS) is 19.5. The number of nitrogens with zero attached hydrogens (tertiary/aromatic N) is 2. The van der Waals surface area contributed by atoms with E-state index in [1.54, 1.807) is 0 Å². The molecule has 0 radical (unpaired) electrons. The second-order valence-corrected chi connectivity index (χ2v) is 9.40. The van der Waals surface area contributed by atoms with Crippen molar-refractivity contribution in [1.82, 2.24) is 10.6 Å². The Morgan fingerprint density at radius 3 is 2.34 bits per heavy atom. The first-order valence-electron chi connectivity index (χ1n) is 12.0. The van der Waals surface area contributed by atoms with Crippen LogP contribution in [0.3, 0.4) is 0 Å². The number of guanidine groups is 1. The number of benzene rings is 2. The Bertz CT molecular complexity index is 951. The van der Waals surface area contributed by atoms with Gasteiger partial charge in [0.1, 0.15) is 0 Å². The molecule has 3 aliphatic rings. The van der Waals surface area contributed by atoms with Crippen molar-refractivity contribution in [3.05, 3.63) is 59.7 Å². The van der Waals surface area contributed by atoms with E-state index in [9.17, 15) is 4.79 Å². The number of amides is 1. The third-order valence-electron chi connectivity index (χ3n) is 7.33. The van der Waals surface area contributed by atoms with Gasteiger partial charge in [-0.25, -0.2) is 0 Å². The van der Waals surface area contributed by atoms with Crippen molar-refractivity contribution in [2.24, 2.45) is 10.4 Å². The summed E-state index contributed by atoms with van der Waals surface area (Å²) >= 11 is 0. The third kappa shape index (κ3) is 4.74. The van der Waals surface area contributed by atoms with Gasteiger partial charge in [0.15, 0.2) is 5.96 Å². The molecule has 6 heteroatoms. The van der Waals surface area contributed by atoms with Gasteiger partial charge in [-0.2, -0.15) is 0 Å². The smallest absolute Gasteiger partial charge is 0.251 e. The van der Waals surface area contributed by atoms with Gasteiger partial charge in [0.2, 0.25) is 0 Å². The lowest BCUT2D eigenvalue weighted by molar-refractivity contribution is 0.0951. The molecule has 32 heavy (non-hydrogen) atoms.